The number of nitro benzene ring substituents is 1. The number of hydrogen-bond donors (Lipinski definition) is 1. The fourth-order valence-corrected chi connectivity index (χ4v) is 1.52. The first kappa shape index (κ1) is 12.8. The van der Waals surface area contributed by atoms with E-state index in [1.807, 2.05) is 0 Å². The molecule has 0 aliphatic rings. The van der Waals surface area contributed by atoms with Crippen LogP contribution in [0.25, 0.3) is 0 Å². The molecule has 19 heavy (non-hydrogen) atoms. The number of rotatable bonds is 3. The zero-order valence-electron chi connectivity index (χ0n) is 9.28. The van der Waals surface area contributed by atoms with Gasteiger partial charge in [0.2, 0.25) is 5.95 Å². The number of aromatic nitrogens is 3. The summed E-state index contributed by atoms with van der Waals surface area (Å²) in [7, 11) is 0. The molecule has 0 aliphatic carbocycles. The first-order valence-electron chi connectivity index (χ1n) is 4.97. The zero-order chi connectivity index (χ0) is 13.8. The van der Waals surface area contributed by atoms with Crippen molar-refractivity contribution in [3.63, 3.8) is 0 Å². The van der Waals surface area contributed by atoms with Crippen LogP contribution in [0.5, 0.6) is 0 Å². The van der Waals surface area contributed by atoms with Crippen molar-refractivity contribution in [2.45, 2.75) is 0 Å². The summed E-state index contributed by atoms with van der Waals surface area (Å²) < 4.78 is 0. The van der Waals surface area contributed by atoms with Gasteiger partial charge in [0.15, 0.2) is 0 Å². The van der Waals surface area contributed by atoms with E-state index >= 15 is 0 Å². The molecule has 9 heteroatoms. The van der Waals surface area contributed by atoms with Gasteiger partial charge < -0.3 is 0 Å². The molecule has 96 valence electrons. The Labute approximate surface area is 111 Å². The lowest BCUT2D eigenvalue weighted by molar-refractivity contribution is -0.384. The van der Waals surface area contributed by atoms with E-state index in [1.54, 1.807) is 0 Å². The highest BCUT2D eigenvalue weighted by atomic mass is 35.5. The molecule has 0 unspecified atom stereocenters. The van der Waals surface area contributed by atoms with Crippen LogP contribution in [-0.2, 0) is 0 Å². The smallest absolute Gasteiger partial charge is 0.287 e. The van der Waals surface area contributed by atoms with Crippen molar-refractivity contribution >= 4 is 29.1 Å². The Hall–Kier alpha value is -2.61. The molecule has 2 aromatic rings. The molecular weight excluding hydrogens is 274 g/mol. The average molecular weight is 280 g/mol. The molecule has 0 fully saturated rings. The average Bonchev–Trinajstić information content (AvgIpc) is 2.39. The lowest BCUT2D eigenvalue weighted by Gasteiger charge is -2.03. The van der Waals surface area contributed by atoms with Crippen LogP contribution >= 0.6 is 11.6 Å². The Morgan fingerprint density at radius 1 is 1.37 bits per heavy atom. The Morgan fingerprint density at radius 3 is 2.74 bits per heavy atom. The number of carbonyl (C=O) groups excluding carboxylic acids is 1. The molecule has 1 aromatic carbocycles. The van der Waals surface area contributed by atoms with Gasteiger partial charge in [-0.1, -0.05) is 11.6 Å². The number of amides is 1. The topological polar surface area (TPSA) is 111 Å². The predicted molar refractivity (Wildman–Crippen MR) is 65.9 cm³/mol. The van der Waals surface area contributed by atoms with Gasteiger partial charge in [-0.15, -0.1) is 5.10 Å². The largest absolute Gasteiger partial charge is 0.289 e. The third-order valence-electron chi connectivity index (χ3n) is 2.11. The van der Waals surface area contributed by atoms with Gasteiger partial charge >= 0.3 is 0 Å². The quantitative estimate of drug-likeness (QED) is 0.676. The van der Waals surface area contributed by atoms with Gasteiger partial charge in [0, 0.05) is 11.6 Å². The summed E-state index contributed by atoms with van der Waals surface area (Å²) in [5.74, 6) is -0.508. The lowest BCUT2D eigenvalue weighted by Crippen LogP contribution is -2.14. The van der Waals surface area contributed by atoms with Crippen molar-refractivity contribution in [3.05, 3.63) is 51.3 Å². The minimum atomic E-state index is -0.631. The van der Waals surface area contributed by atoms with Crippen molar-refractivity contribution in [1.82, 2.24) is 15.2 Å². The molecule has 1 amide bonds. The van der Waals surface area contributed by atoms with Crippen molar-refractivity contribution in [2.24, 2.45) is 0 Å². The molecule has 0 bridgehead atoms. The van der Waals surface area contributed by atoms with Crippen LogP contribution in [-0.4, -0.2) is 26.0 Å². The van der Waals surface area contributed by atoms with Crippen molar-refractivity contribution in [2.75, 3.05) is 5.32 Å². The maximum absolute atomic E-state index is 11.8. The molecule has 0 saturated carbocycles. The third kappa shape index (κ3) is 2.99. The van der Waals surface area contributed by atoms with Crippen molar-refractivity contribution in [1.29, 1.82) is 0 Å². The van der Waals surface area contributed by atoms with Gasteiger partial charge in [-0.05, 0) is 12.1 Å². The first-order valence-corrected chi connectivity index (χ1v) is 5.34. The predicted octanol–water partition coefficient (Wildman–Crippen LogP) is 1.69. The number of nitro groups is 1. The number of hydrogen-bond acceptors (Lipinski definition) is 6. The maximum atomic E-state index is 11.8. The minimum Gasteiger partial charge on any atom is -0.289 e. The summed E-state index contributed by atoms with van der Waals surface area (Å²) in [5.41, 5.74) is -0.112. The number of benzene rings is 1. The van der Waals surface area contributed by atoms with E-state index in [-0.39, 0.29) is 22.2 Å². The van der Waals surface area contributed by atoms with Crippen LogP contribution in [0.4, 0.5) is 11.6 Å². The third-order valence-corrected chi connectivity index (χ3v) is 2.42. The highest BCUT2D eigenvalue weighted by molar-refractivity contribution is 6.33. The second-order valence-corrected chi connectivity index (χ2v) is 3.75. The number of nitrogens with one attached hydrogen (secondary N) is 1. The summed E-state index contributed by atoms with van der Waals surface area (Å²) in [6, 6.07) is 3.64. The zero-order valence-corrected chi connectivity index (χ0v) is 10.0. The van der Waals surface area contributed by atoms with Crippen LogP contribution in [0.2, 0.25) is 5.02 Å². The van der Waals surface area contributed by atoms with Crippen LogP contribution in [0.3, 0.4) is 0 Å². The molecule has 2 rings (SSSR count). The van der Waals surface area contributed by atoms with E-state index < -0.39 is 10.8 Å². The fraction of sp³-hybridized carbons (Fsp3) is 0. The SMILES string of the molecule is O=C(Nc1nccnn1)c1ccc([N+](=O)[O-])c(Cl)c1. The van der Waals surface area contributed by atoms with Crippen LogP contribution in [0, 0.1) is 10.1 Å². The molecular formula is C10H6ClN5O3. The number of anilines is 1. The summed E-state index contributed by atoms with van der Waals surface area (Å²) in [5, 5.41) is 20.0. The van der Waals surface area contributed by atoms with Crippen LogP contribution in [0.15, 0.2) is 30.6 Å². The second-order valence-electron chi connectivity index (χ2n) is 3.34. The Bertz CT molecular complexity index is 634. The van der Waals surface area contributed by atoms with Gasteiger partial charge in [0.25, 0.3) is 11.6 Å². The Morgan fingerprint density at radius 2 is 2.16 bits per heavy atom. The fourth-order valence-electron chi connectivity index (χ4n) is 1.27. The van der Waals surface area contributed by atoms with E-state index in [0.29, 0.717) is 0 Å². The standard InChI is InChI=1S/C10H6ClN5O3/c11-7-5-6(1-2-8(7)16(18)19)9(17)14-10-12-3-4-13-15-10/h1-5H,(H,12,14,15,17). The van der Waals surface area contributed by atoms with Gasteiger partial charge in [-0.2, -0.15) is 5.10 Å². The van der Waals surface area contributed by atoms with Crippen molar-refractivity contribution < 1.29 is 9.72 Å². The molecule has 8 nitrogen and oxygen atoms in total. The molecule has 1 heterocycles. The number of carbonyl (C=O) groups is 1. The molecule has 0 spiro atoms. The highest BCUT2D eigenvalue weighted by Crippen LogP contribution is 2.25. The normalized spacial score (nSPS) is 9.95. The van der Waals surface area contributed by atoms with Crippen molar-refractivity contribution in [3.8, 4) is 0 Å². The summed E-state index contributed by atoms with van der Waals surface area (Å²) in [4.78, 5) is 25.5. The minimum absolute atomic E-state index is 0.0296. The number of halogens is 1. The van der Waals surface area contributed by atoms with E-state index in [1.165, 1.54) is 24.5 Å². The Balaban J connectivity index is 2.21. The van der Waals surface area contributed by atoms with E-state index in [0.717, 1.165) is 6.07 Å². The molecule has 1 N–H and O–H groups in total. The molecule has 1 aromatic heterocycles. The highest BCUT2D eigenvalue weighted by Gasteiger charge is 2.15. The summed E-state index contributed by atoms with van der Waals surface area (Å²) in [6.45, 7) is 0. The molecule has 0 atom stereocenters. The van der Waals surface area contributed by atoms with Crippen LogP contribution < -0.4 is 5.32 Å². The van der Waals surface area contributed by atoms with E-state index in [4.69, 9.17) is 11.6 Å². The van der Waals surface area contributed by atoms with Crippen LogP contribution in [0.1, 0.15) is 10.4 Å². The Kier molecular flexibility index (Phi) is 3.62. The second kappa shape index (κ2) is 5.36. The molecule has 0 saturated heterocycles. The maximum Gasteiger partial charge on any atom is 0.287 e. The monoisotopic (exact) mass is 279 g/mol. The van der Waals surface area contributed by atoms with E-state index in [9.17, 15) is 14.9 Å². The first-order chi connectivity index (χ1) is 9.08. The molecule has 0 radical (unpaired) electrons. The van der Waals surface area contributed by atoms with Gasteiger partial charge in [-0.3, -0.25) is 20.2 Å². The van der Waals surface area contributed by atoms with Gasteiger partial charge in [-0.25, -0.2) is 4.98 Å². The summed E-state index contributed by atoms with van der Waals surface area (Å²) >= 11 is 5.71. The lowest BCUT2D eigenvalue weighted by atomic mass is 10.2. The van der Waals surface area contributed by atoms with E-state index in [2.05, 4.69) is 20.5 Å². The number of nitrogens with zero attached hydrogens (tertiary/aromatic N) is 4. The molecule has 0 aliphatic heterocycles. The van der Waals surface area contributed by atoms with Gasteiger partial charge in [0.1, 0.15) is 5.02 Å². The van der Waals surface area contributed by atoms with Gasteiger partial charge in [0.05, 0.1) is 17.3 Å². The summed E-state index contributed by atoms with van der Waals surface area (Å²) in [6.07, 6.45) is 2.73.